The molecule has 0 fully saturated rings. The lowest BCUT2D eigenvalue weighted by atomic mass is 9.94. The first-order valence-corrected chi connectivity index (χ1v) is 6.02. The van der Waals surface area contributed by atoms with Crippen molar-refractivity contribution in [3.63, 3.8) is 0 Å². The van der Waals surface area contributed by atoms with Crippen LogP contribution in [0.25, 0.3) is 5.57 Å². The number of fused-ring (bicyclic) bond motifs is 1. The van der Waals surface area contributed by atoms with Crippen molar-refractivity contribution < 1.29 is 0 Å². The summed E-state index contributed by atoms with van der Waals surface area (Å²) in [6.07, 6.45) is 7.45. The fraction of sp³-hybridized carbons (Fsp3) is 0.467. The summed E-state index contributed by atoms with van der Waals surface area (Å²) in [5, 5.41) is 0. The van der Waals surface area contributed by atoms with Gasteiger partial charge in [-0.3, -0.25) is 0 Å². The van der Waals surface area contributed by atoms with Crippen LogP contribution in [0.1, 0.15) is 48.4 Å². The van der Waals surface area contributed by atoms with E-state index in [9.17, 15) is 0 Å². The molecule has 1 aliphatic rings. The second-order valence-electron chi connectivity index (χ2n) is 4.59. The van der Waals surface area contributed by atoms with Crippen molar-refractivity contribution in [3.05, 3.63) is 40.5 Å². The Morgan fingerprint density at radius 2 is 1.87 bits per heavy atom. The van der Waals surface area contributed by atoms with Gasteiger partial charge in [-0.1, -0.05) is 31.6 Å². The third-order valence-electron chi connectivity index (χ3n) is 3.43. The Morgan fingerprint density at radius 3 is 2.60 bits per heavy atom. The van der Waals surface area contributed by atoms with Gasteiger partial charge in [-0.2, -0.15) is 0 Å². The molecule has 0 unspecified atom stereocenters. The molecular formula is C15H20. The molecule has 0 aromatic heterocycles. The Morgan fingerprint density at radius 1 is 1.13 bits per heavy atom. The smallest absolute Gasteiger partial charge is 0.00826 e. The Labute approximate surface area is 93.0 Å². The largest absolute Gasteiger partial charge is 0.0763 e. The second kappa shape index (κ2) is 4.22. The zero-order valence-electron chi connectivity index (χ0n) is 10.1. The average molecular weight is 200 g/mol. The molecule has 1 aromatic rings. The van der Waals surface area contributed by atoms with Gasteiger partial charge in [0.15, 0.2) is 0 Å². The van der Waals surface area contributed by atoms with Crippen LogP contribution in [0.15, 0.2) is 18.2 Å². The predicted molar refractivity (Wildman–Crippen MR) is 67.1 cm³/mol. The minimum absolute atomic E-state index is 1.15. The molecule has 0 N–H and O–H groups in total. The molecule has 15 heavy (non-hydrogen) atoms. The third-order valence-corrected chi connectivity index (χ3v) is 3.43. The molecule has 1 aliphatic carbocycles. The van der Waals surface area contributed by atoms with Gasteiger partial charge in [0.05, 0.1) is 0 Å². The van der Waals surface area contributed by atoms with Crippen molar-refractivity contribution in [2.24, 2.45) is 0 Å². The van der Waals surface area contributed by atoms with Gasteiger partial charge in [0.25, 0.3) is 0 Å². The highest BCUT2D eigenvalue weighted by molar-refractivity contribution is 5.76. The summed E-state index contributed by atoms with van der Waals surface area (Å²) < 4.78 is 0. The summed E-state index contributed by atoms with van der Waals surface area (Å²) in [7, 11) is 0. The number of hydrogen-bond donors (Lipinski definition) is 0. The molecule has 0 amide bonds. The molecule has 0 saturated carbocycles. The number of allylic oxidation sites excluding steroid dienone is 2. The van der Waals surface area contributed by atoms with E-state index in [1.54, 1.807) is 16.7 Å². The van der Waals surface area contributed by atoms with Crippen LogP contribution < -0.4 is 0 Å². The molecule has 0 spiro atoms. The van der Waals surface area contributed by atoms with Crippen LogP contribution in [0, 0.1) is 13.8 Å². The molecule has 0 radical (unpaired) electrons. The Kier molecular flexibility index (Phi) is 2.95. The van der Waals surface area contributed by atoms with Crippen molar-refractivity contribution in [3.8, 4) is 0 Å². The van der Waals surface area contributed by atoms with Gasteiger partial charge >= 0.3 is 0 Å². The average Bonchev–Trinajstić information content (AvgIpc) is 2.65. The number of unbranched alkanes of at least 4 members (excludes halogenated alkanes) is 1. The minimum atomic E-state index is 1.15. The Bertz CT molecular complexity index is 397. The number of hydrogen-bond acceptors (Lipinski definition) is 0. The standard InChI is InChI=1S/C15H20/c1-4-5-6-13-9-10-14-11(2)7-8-12(3)15(13)14/h7-9H,4-6,10H2,1-3H3. The summed E-state index contributed by atoms with van der Waals surface area (Å²) >= 11 is 0. The highest BCUT2D eigenvalue weighted by Gasteiger charge is 2.17. The maximum absolute atomic E-state index is 2.43. The number of aryl methyl sites for hydroxylation is 2. The molecule has 0 heteroatoms. The van der Waals surface area contributed by atoms with Gasteiger partial charge < -0.3 is 0 Å². The van der Waals surface area contributed by atoms with Crippen LogP contribution in [0.4, 0.5) is 0 Å². The van der Waals surface area contributed by atoms with Crippen molar-refractivity contribution >= 4 is 5.57 Å². The number of rotatable bonds is 3. The lowest BCUT2D eigenvalue weighted by molar-refractivity contribution is 0.824. The zero-order chi connectivity index (χ0) is 10.8. The first-order chi connectivity index (χ1) is 7.24. The highest BCUT2D eigenvalue weighted by atomic mass is 14.2. The van der Waals surface area contributed by atoms with Crippen molar-refractivity contribution in [1.82, 2.24) is 0 Å². The van der Waals surface area contributed by atoms with Crippen LogP contribution in [0.2, 0.25) is 0 Å². The van der Waals surface area contributed by atoms with Gasteiger partial charge in [-0.25, -0.2) is 0 Å². The van der Waals surface area contributed by atoms with Crippen LogP contribution in [-0.2, 0) is 6.42 Å². The van der Waals surface area contributed by atoms with Crippen LogP contribution in [0.3, 0.4) is 0 Å². The van der Waals surface area contributed by atoms with E-state index in [-0.39, 0.29) is 0 Å². The van der Waals surface area contributed by atoms with E-state index in [0.29, 0.717) is 0 Å². The molecule has 0 atom stereocenters. The molecule has 2 rings (SSSR count). The van der Waals surface area contributed by atoms with E-state index >= 15 is 0 Å². The van der Waals surface area contributed by atoms with Crippen LogP contribution in [0.5, 0.6) is 0 Å². The summed E-state index contributed by atoms with van der Waals surface area (Å²) in [6, 6.07) is 4.52. The van der Waals surface area contributed by atoms with E-state index < -0.39 is 0 Å². The van der Waals surface area contributed by atoms with E-state index in [1.807, 2.05) is 0 Å². The Balaban J connectivity index is 2.34. The molecule has 0 nitrogen and oxygen atoms in total. The summed E-state index contributed by atoms with van der Waals surface area (Å²) in [6.45, 7) is 6.73. The maximum atomic E-state index is 2.43. The fourth-order valence-electron chi connectivity index (χ4n) is 2.50. The summed E-state index contributed by atoms with van der Waals surface area (Å²) in [5.41, 5.74) is 7.63. The topological polar surface area (TPSA) is 0 Å². The maximum Gasteiger partial charge on any atom is -0.00826 e. The van der Waals surface area contributed by atoms with Crippen LogP contribution >= 0.6 is 0 Å². The molecule has 1 aromatic carbocycles. The first-order valence-electron chi connectivity index (χ1n) is 6.02. The third kappa shape index (κ3) is 1.86. The van der Waals surface area contributed by atoms with Crippen molar-refractivity contribution in [2.45, 2.75) is 46.5 Å². The highest BCUT2D eigenvalue weighted by Crippen LogP contribution is 2.35. The van der Waals surface area contributed by atoms with Crippen molar-refractivity contribution in [1.29, 1.82) is 0 Å². The molecule has 0 heterocycles. The lowest BCUT2D eigenvalue weighted by Crippen LogP contribution is -1.93. The minimum Gasteiger partial charge on any atom is -0.0763 e. The number of benzene rings is 1. The van der Waals surface area contributed by atoms with Gasteiger partial charge in [-0.15, -0.1) is 0 Å². The molecule has 0 aliphatic heterocycles. The second-order valence-corrected chi connectivity index (χ2v) is 4.59. The first kappa shape index (κ1) is 10.5. The monoisotopic (exact) mass is 200 g/mol. The molecule has 80 valence electrons. The van der Waals surface area contributed by atoms with Gasteiger partial charge in [-0.05, 0) is 60.9 Å². The lowest BCUT2D eigenvalue weighted by Gasteiger charge is -2.11. The zero-order valence-corrected chi connectivity index (χ0v) is 10.1. The van der Waals surface area contributed by atoms with Gasteiger partial charge in [0.2, 0.25) is 0 Å². The fourth-order valence-corrected chi connectivity index (χ4v) is 2.50. The van der Waals surface area contributed by atoms with E-state index in [0.717, 1.165) is 6.42 Å². The SMILES string of the molecule is CCCCC1=CCc2c(C)ccc(C)c21. The normalized spacial score (nSPS) is 13.9. The van der Waals surface area contributed by atoms with Gasteiger partial charge in [0, 0.05) is 0 Å². The summed E-state index contributed by atoms with van der Waals surface area (Å²) in [4.78, 5) is 0. The van der Waals surface area contributed by atoms with Gasteiger partial charge in [0.1, 0.15) is 0 Å². The molecule has 0 saturated heterocycles. The van der Waals surface area contributed by atoms with Crippen molar-refractivity contribution in [2.75, 3.05) is 0 Å². The van der Waals surface area contributed by atoms with E-state index in [2.05, 4.69) is 39.0 Å². The van der Waals surface area contributed by atoms with E-state index in [4.69, 9.17) is 0 Å². The van der Waals surface area contributed by atoms with E-state index in [1.165, 1.54) is 30.4 Å². The molecular weight excluding hydrogens is 180 g/mol. The quantitative estimate of drug-likeness (QED) is 0.677. The molecule has 0 bridgehead atoms. The van der Waals surface area contributed by atoms with Crippen LogP contribution in [-0.4, -0.2) is 0 Å². The summed E-state index contributed by atoms with van der Waals surface area (Å²) in [5.74, 6) is 0. The Hall–Kier alpha value is -1.04. The predicted octanol–water partition coefficient (Wildman–Crippen LogP) is 4.43.